The van der Waals surface area contributed by atoms with Crippen LogP contribution in [0.3, 0.4) is 0 Å². The second kappa shape index (κ2) is 5.67. The number of carbonyl (C=O) groups excluding carboxylic acids is 1. The van der Waals surface area contributed by atoms with Crippen molar-refractivity contribution in [2.24, 2.45) is 5.92 Å². The number of carbonyl (C=O) groups is 1. The normalized spacial score (nSPS) is 28.3. The van der Waals surface area contributed by atoms with E-state index >= 15 is 0 Å². The number of likely N-dealkylation sites (tertiary alicyclic amines) is 1. The van der Waals surface area contributed by atoms with Gasteiger partial charge in [-0.3, -0.25) is 0 Å². The average molecular weight is 270 g/mol. The zero-order chi connectivity index (χ0) is 14.0. The molecule has 2 rings (SSSR count). The summed E-state index contributed by atoms with van der Waals surface area (Å²) in [5, 5.41) is 12.9. The minimum absolute atomic E-state index is 0.127. The summed E-state index contributed by atoms with van der Waals surface area (Å²) in [6.45, 7) is 7.02. The van der Waals surface area contributed by atoms with Gasteiger partial charge < -0.3 is 20.1 Å². The second-order valence-electron chi connectivity index (χ2n) is 6.81. The maximum Gasteiger partial charge on any atom is 0.410 e. The van der Waals surface area contributed by atoms with Crippen LogP contribution in [0.2, 0.25) is 0 Å². The van der Waals surface area contributed by atoms with E-state index in [2.05, 4.69) is 5.32 Å². The van der Waals surface area contributed by atoms with Crippen molar-refractivity contribution in [2.75, 3.05) is 19.7 Å². The average Bonchev–Trinajstić information content (AvgIpc) is 3.10. The molecule has 1 amide bonds. The summed E-state index contributed by atoms with van der Waals surface area (Å²) in [6, 6.07) is 0.897. The van der Waals surface area contributed by atoms with Crippen LogP contribution < -0.4 is 5.32 Å². The molecule has 0 spiro atoms. The van der Waals surface area contributed by atoms with Crippen molar-refractivity contribution in [1.29, 1.82) is 0 Å². The zero-order valence-corrected chi connectivity index (χ0v) is 12.2. The molecule has 0 radical (unpaired) electrons. The Morgan fingerprint density at radius 3 is 2.53 bits per heavy atom. The van der Waals surface area contributed by atoms with Gasteiger partial charge in [-0.25, -0.2) is 4.79 Å². The third-order valence-electron chi connectivity index (χ3n) is 3.50. The van der Waals surface area contributed by atoms with Crippen LogP contribution in [0.4, 0.5) is 4.79 Å². The predicted octanol–water partition coefficient (Wildman–Crippen LogP) is 1.36. The first-order chi connectivity index (χ1) is 8.87. The molecule has 2 fully saturated rings. The smallest absolute Gasteiger partial charge is 0.410 e. The number of nitrogens with one attached hydrogen (secondary N) is 1. The van der Waals surface area contributed by atoms with Gasteiger partial charge in [0.1, 0.15) is 5.60 Å². The summed E-state index contributed by atoms with van der Waals surface area (Å²) in [5.74, 6) is 0.150. The molecule has 1 heterocycles. The van der Waals surface area contributed by atoms with E-state index in [1.807, 2.05) is 20.8 Å². The number of rotatable bonds is 3. The highest BCUT2D eigenvalue weighted by atomic mass is 16.6. The Balaban J connectivity index is 1.92. The molecular formula is C14H26N2O3. The summed E-state index contributed by atoms with van der Waals surface area (Å²) in [5.41, 5.74) is -0.470. The van der Waals surface area contributed by atoms with E-state index in [-0.39, 0.29) is 24.7 Å². The highest BCUT2D eigenvalue weighted by molar-refractivity contribution is 5.68. The maximum atomic E-state index is 12.1. The zero-order valence-electron chi connectivity index (χ0n) is 12.2. The highest BCUT2D eigenvalue weighted by Gasteiger charge is 2.34. The van der Waals surface area contributed by atoms with Crippen molar-refractivity contribution in [3.63, 3.8) is 0 Å². The summed E-state index contributed by atoms with van der Waals surface area (Å²) in [7, 11) is 0. The molecule has 19 heavy (non-hydrogen) atoms. The number of amides is 1. The molecule has 2 N–H and O–H groups in total. The van der Waals surface area contributed by atoms with E-state index in [1.54, 1.807) is 4.90 Å². The summed E-state index contributed by atoms with van der Waals surface area (Å²) >= 11 is 0. The SMILES string of the molecule is CC(C)(C)OC(=O)N1CC(CO)CC(NC2CC2)C1. The molecule has 1 aliphatic carbocycles. The van der Waals surface area contributed by atoms with Gasteiger partial charge in [-0.05, 0) is 40.0 Å². The fourth-order valence-electron chi connectivity index (χ4n) is 2.52. The molecule has 0 bridgehead atoms. The largest absolute Gasteiger partial charge is 0.444 e. The Morgan fingerprint density at radius 2 is 2.00 bits per heavy atom. The lowest BCUT2D eigenvalue weighted by Crippen LogP contribution is -2.53. The summed E-state index contributed by atoms with van der Waals surface area (Å²) < 4.78 is 5.42. The van der Waals surface area contributed by atoms with Gasteiger partial charge in [-0.15, -0.1) is 0 Å². The predicted molar refractivity (Wildman–Crippen MR) is 72.9 cm³/mol. The second-order valence-corrected chi connectivity index (χ2v) is 6.81. The van der Waals surface area contributed by atoms with Gasteiger partial charge in [0.05, 0.1) is 0 Å². The Hall–Kier alpha value is -0.810. The van der Waals surface area contributed by atoms with E-state index < -0.39 is 5.60 Å². The highest BCUT2D eigenvalue weighted by Crippen LogP contribution is 2.24. The quantitative estimate of drug-likeness (QED) is 0.813. The molecule has 0 aromatic rings. The molecule has 5 heteroatoms. The van der Waals surface area contributed by atoms with Crippen molar-refractivity contribution in [1.82, 2.24) is 10.2 Å². The van der Waals surface area contributed by atoms with Gasteiger partial charge >= 0.3 is 6.09 Å². The van der Waals surface area contributed by atoms with Crippen molar-refractivity contribution in [2.45, 2.75) is 57.7 Å². The van der Waals surface area contributed by atoms with Crippen LogP contribution in [0, 0.1) is 5.92 Å². The van der Waals surface area contributed by atoms with Crippen LogP contribution in [0.1, 0.15) is 40.0 Å². The maximum absolute atomic E-state index is 12.1. The summed E-state index contributed by atoms with van der Waals surface area (Å²) in [6.07, 6.45) is 3.12. The van der Waals surface area contributed by atoms with E-state index in [0.29, 0.717) is 19.1 Å². The molecular weight excluding hydrogens is 244 g/mol. The number of aliphatic hydroxyl groups is 1. The molecule has 2 atom stereocenters. The van der Waals surface area contributed by atoms with Gasteiger partial charge in [-0.2, -0.15) is 0 Å². The molecule has 1 saturated heterocycles. The van der Waals surface area contributed by atoms with Gasteiger partial charge in [0.15, 0.2) is 0 Å². The van der Waals surface area contributed by atoms with Crippen LogP contribution in [0.25, 0.3) is 0 Å². The van der Waals surface area contributed by atoms with Crippen molar-refractivity contribution < 1.29 is 14.6 Å². The molecule has 0 aromatic heterocycles. The number of nitrogens with zero attached hydrogens (tertiary/aromatic N) is 1. The fraction of sp³-hybridized carbons (Fsp3) is 0.929. The third kappa shape index (κ3) is 4.66. The van der Waals surface area contributed by atoms with Crippen LogP contribution in [0.5, 0.6) is 0 Å². The first kappa shape index (κ1) is 14.6. The number of piperidine rings is 1. The van der Waals surface area contributed by atoms with E-state index in [0.717, 1.165) is 6.42 Å². The van der Waals surface area contributed by atoms with Gasteiger partial charge in [0.2, 0.25) is 0 Å². The first-order valence-corrected chi connectivity index (χ1v) is 7.22. The minimum Gasteiger partial charge on any atom is -0.444 e. The third-order valence-corrected chi connectivity index (χ3v) is 3.50. The van der Waals surface area contributed by atoms with Gasteiger partial charge in [-0.1, -0.05) is 0 Å². The van der Waals surface area contributed by atoms with Crippen LogP contribution in [0.15, 0.2) is 0 Å². The lowest BCUT2D eigenvalue weighted by molar-refractivity contribution is 0.00845. The topological polar surface area (TPSA) is 61.8 Å². The lowest BCUT2D eigenvalue weighted by Gasteiger charge is -2.38. The standard InChI is InChI=1S/C14H26N2O3/c1-14(2,3)19-13(18)16-7-10(9-17)6-12(8-16)15-11-4-5-11/h10-12,15,17H,4-9H2,1-3H3. The Morgan fingerprint density at radius 1 is 1.32 bits per heavy atom. The summed E-state index contributed by atoms with van der Waals surface area (Å²) in [4.78, 5) is 13.8. The number of aliphatic hydroxyl groups excluding tert-OH is 1. The van der Waals surface area contributed by atoms with Crippen molar-refractivity contribution >= 4 is 6.09 Å². The Kier molecular flexibility index (Phi) is 4.36. The van der Waals surface area contributed by atoms with Crippen molar-refractivity contribution in [3.05, 3.63) is 0 Å². The molecule has 2 aliphatic rings. The minimum atomic E-state index is -0.470. The molecule has 0 aromatic carbocycles. The fourth-order valence-corrected chi connectivity index (χ4v) is 2.52. The Labute approximate surface area is 115 Å². The Bertz CT molecular complexity index is 323. The molecule has 1 saturated carbocycles. The molecule has 2 unspecified atom stereocenters. The van der Waals surface area contributed by atoms with E-state index in [9.17, 15) is 9.90 Å². The number of hydrogen-bond donors (Lipinski definition) is 2. The van der Waals surface area contributed by atoms with Crippen molar-refractivity contribution in [3.8, 4) is 0 Å². The first-order valence-electron chi connectivity index (χ1n) is 7.22. The van der Waals surface area contributed by atoms with Crippen LogP contribution in [-0.4, -0.2) is 53.5 Å². The molecule has 110 valence electrons. The lowest BCUT2D eigenvalue weighted by atomic mass is 9.95. The van der Waals surface area contributed by atoms with Gasteiger partial charge in [0, 0.05) is 37.7 Å². The molecule has 1 aliphatic heterocycles. The number of hydrogen-bond acceptors (Lipinski definition) is 4. The van der Waals surface area contributed by atoms with E-state index in [1.165, 1.54) is 12.8 Å². The van der Waals surface area contributed by atoms with Gasteiger partial charge in [0.25, 0.3) is 0 Å². The molecule has 5 nitrogen and oxygen atoms in total. The number of ether oxygens (including phenoxy) is 1. The van der Waals surface area contributed by atoms with E-state index in [4.69, 9.17) is 4.74 Å². The monoisotopic (exact) mass is 270 g/mol. The van der Waals surface area contributed by atoms with Crippen LogP contribution >= 0.6 is 0 Å². The van der Waals surface area contributed by atoms with Crippen LogP contribution in [-0.2, 0) is 4.74 Å².